The van der Waals surface area contributed by atoms with Gasteiger partial charge in [-0.1, -0.05) is 0 Å². The molecule has 2 rings (SSSR count). The molecule has 2 heterocycles. The maximum atomic E-state index is 12.2. The second kappa shape index (κ2) is 2.63. The van der Waals surface area contributed by atoms with Crippen LogP contribution in [0.15, 0.2) is 29.2 Å². The minimum absolute atomic E-state index is 0.199. The van der Waals surface area contributed by atoms with Crippen molar-refractivity contribution in [1.82, 2.24) is 9.61 Å². The van der Waals surface area contributed by atoms with E-state index in [1.165, 1.54) is 12.3 Å². The lowest BCUT2D eigenvalue weighted by atomic mass is 10.3. The van der Waals surface area contributed by atoms with E-state index < -0.39 is 11.9 Å². The molecule has 0 unspecified atom stereocenters. The Hall–Kier alpha value is -1.72. The number of rotatable bonds is 0. The van der Waals surface area contributed by atoms with Crippen LogP contribution >= 0.6 is 0 Å². The van der Waals surface area contributed by atoms with Gasteiger partial charge in [0.15, 0.2) is 5.43 Å². The lowest BCUT2D eigenvalue weighted by Gasteiger charge is -2.00. The molecule has 0 atom stereocenters. The van der Waals surface area contributed by atoms with Gasteiger partial charge in [0, 0.05) is 18.3 Å². The highest BCUT2D eigenvalue weighted by atomic mass is 19.4. The summed E-state index contributed by atoms with van der Waals surface area (Å²) in [6.45, 7) is 0. The molecule has 74 valence electrons. The molecular weight excluding hydrogens is 197 g/mol. The molecule has 0 aliphatic carbocycles. The summed E-state index contributed by atoms with van der Waals surface area (Å²) >= 11 is 0. The standard InChI is InChI=1S/C8H5F3N2O/c9-8(10,11)7-4-5-3-6(14)1-2-13(5)12-7/h1-4,12H. The minimum Gasteiger partial charge on any atom is -0.290 e. The number of nitrogens with one attached hydrogen (secondary N) is 1. The van der Waals surface area contributed by atoms with E-state index in [1.807, 2.05) is 0 Å². The maximum absolute atomic E-state index is 12.2. The average molecular weight is 202 g/mol. The normalized spacial score (nSPS) is 12.2. The van der Waals surface area contributed by atoms with Gasteiger partial charge in [-0.15, -0.1) is 0 Å². The highest BCUT2D eigenvalue weighted by Crippen LogP contribution is 2.28. The zero-order valence-corrected chi connectivity index (χ0v) is 6.80. The van der Waals surface area contributed by atoms with Crippen LogP contribution in [0.4, 0.5) is 13.2 Å². The molecule has 0 aliphatic rings. The molecule has 6 heteroatoms. The number of hydrogen-bond acceptors (Lipinski definition) is 1. The molecule has 0 fully saturated rings. The summed E-state index contributed by atoms with van der Waals surface area (Å²) in [6, 6.07) is 3.21. The second-order valence-corrected chi connectivity index (χ2v) is 2.82. The van der Waals surface area contributed by atoms with Crippen LogP contribution in [0.25, 0.3) is 5.52 Å². The van der Waals surface area contributed by atoms with Gasteiger partial charge in [-0.25, -0.2) is 0 Å². The third-order valence-electron chi connectivity index (χ3n) is 1.79. The van der Waals surface area contributed by atoms with E-state index >= 15 is 0 Å². The van der Waals surface area contributed by atoms with Gasteiger partial charge in [-0.05, 0) is 6.07 Å². The van der Waals surface area contributed by atoms with Crippen molar-refractivity contribution in [2.45, 2.75) is 6.18 Å². The van der Waals surface area contributed by atoms with Crippen molar-refractivity contribution >= 4 is 5.52 Å². The molecule has 0 spiro atoms. The first-order chi connectivity index (χ1) is 6.47. The summed E-state index contributed by atoms with van der Waals surface area (Å²) in [5.74, 6) is 0. The van der Waals surface area contributed by atoms with E-state index in [9.17, 15) is 18.0 Å². The highest BCUT2D eigenvalue weighted by Gasteiger charge is 2.32. The zero-order chi connectivity index (χ0) is 10.3. The molecule has 0 aliphatic heterocycles. The molecule has 0 saturated heterocycles. The molecule has 1 N–H and O–H groups in total. The highest BCUT2D eigenvalue weighted by molar-refractivity contribution is 5.47. The molecule has 0 radical (unpaired) electrons. The molecule has 0 bridgehead atoms. The van der Waals surface area contributed by atoms with Gasteiger partial charge in [-0.2, -0.15) is 13.2 Å². The van der Waals surface area contributed by atoms with Crippen LogP contribution in [0.5, 0.6) is 0 Å². The molecule has 3 nitrogen and oxygen atoms in total. The van der Waals surface area contributed by atoms with Crippen LogP contribution in [-0.4, -0.2) is 9.61 Å². The molecule has 0 amide bonds. The Morgan fingerprint density at radius 1 is 1.29 bits per heavy atom. The van der Waals surface area contributed by atoms with E-state index in [-0.39, 0.29) is 10.9 Å². The van der Waals surface area contributed by atoms with Crippen LogP contribution < -0.4 is 5.43 Å². The summed E-state index contributed by atoms with van der Waals surface area (Å²) in [5, 5.41) is 2.12. The first-order valence-corrected chi connectivity index (χ1v) is 3.75. The molecule has 14 heavy (non-hydrogen) atoms. The predicted octanol–water partition coefficient (Wildman–Crippen LogP) is 1.65. The van der Waals surface area contributed by atoms with Crippen molar-refractivity contribution in [3.05, 3.63) is 40.3 Å². The summed E-state index contributed by atoms with van der Waals surface area (Å²) in [7, 11) is 0. The molecule has 2 aromatic heterocycles. The predicted molar refractivity (Wildman–Crippen MR) is 43.0 cm³/mol. The van der Waals surface area contributed by atoms with Crippen molar-refractivity contribution in [3.63, 3.8) is 0 Å². The number of H-pyrrole nitrogens is 1. The van der Waals surface area contributed by atoms with E-state index in [0.717, 1.165) is 16.6 Å². The Bertz CT molecular complexity index is 523. The van der Waals surface area contributed by atoms with E-state index in [2.05, 4.69) is 5.10 Å². The van der Waals surface area contributed by atoms with Crippen LogP contribution in [0.3, 0.4) is 0 Å². The molecule has 0 aromatic carbocycles. The zero-order valence-electron chi connectivity index (χ0n) is 6.80. The van der Waals surface area contributed by atoms with E-state index in [0.29, 0.717) is 0 Å². The van der Waals surface area contributed by atoms with Gasteiger partial charge >= 0.3 is 6.18 Å². The van der Waals surface area contributed by atoms with Gasteiger partial charge in [0.25, 0.3) is 0 Å². The lowest BCUT2D eigenvalue weighted by molar-refractivity contribution is -0.141. The summed E-state index contributed by atoms with van der Waals surface area (Å²) in [6.07, 6.45) is -3.16. The monoisotopic (exact) mass is 202 g/mol. The van der Waals surface area contributed by atoms with E-state index in [4.69, 9.17) is 0 Å². The van der Waals surface area contributed by atoms with Crippen molar-refractivity contribution in [3.8, 4) is 0 Å². The molecule has 2 aromatic rings. The van der Waals surface area contributed by atoms with E-state index in [1.54, 1.807) is 0 Å². The number of hydrogen-bond donors (Lipinski definition) is 1. The molecular formula is C8H5F3N2O. The third kappa shape index (κ3) is 1.39. The number of pyridine rings is 1. The Kier molecular flexibility index (Phi) is 1.67. The number of aromatic amines is 1. The summed E-state index contributed by atoms with van der Waals surface area (Å²) in [5.41, 5.74) is -0.995. The first kappa shape index (κ1) is 8.86. The topological polar surface area (TPSA) is 37.3 Å². The summed E-state index contributed by atoms with van der Waals surface area (Å²) in [4.78, 5) is 10.8. The average Bonchev–Trinajstić information content (AvgIpc) is 2.45. The Morgan fingerprint density at radius 2 is 2.00 bits per heavy atom. The van der Waals surface area contributed by atoms with Crippen LogP contribution in [-0.2, 0) is 6.18 Å². The largest absolute Gasteiger partial charge is 0.432 e. The lowest BCUT2D eigenvalue weighted by Crippen LogP contribution is -2.05. The Balaban J connectivity index is 2.69. The van der Waals surface area contributed by atoms with Crippen LogP contribution in [0.1, 0.15) is 5.69 Å². The number of fused-ring (bicyclic) bond motifs is 1. The fraction of sp³-hybridized carbons (Fsp3) is 0.125. The number of aromatic nitrogens is 2. The van der Waals surface area contributed by atoms with Crippen LogP contribution in [0, 0.1) is 0 Å². The number of alkyl halides is 3. The third-order valence-corrected chi connectivity index (χ3v) is 1.79. The Morgan fingerprint density at radius 3 is 2.64 bits per heavy atom. The van der Waals surface area contributed by atoms with Gasteiger partial charge < -0.3 is 0 Å². The van der Waals surface area contributed by atoms with Crippen LogP contribution in [0.2, 0.25) is 0 Å². The van der Waals surface area contributed by atoms with Gasteiger partial charge in [0.05, 0.1) is 5.52 Å². The van der Waals surface area contributed by atoms with Gasteiger partial charge in [-0.3, -0.25) is 14.4 Å². The fourth-order valence-corrected chi connectivity index (χ4v) is 1.17. The van der Waals surface area contributed by atoms with Crippen molar-refractivity contribution < 1.29 is 13.2 Å². The maximum Gasteiger partial charge on any atom is 0.432 e. The quantitative estimate of drug-likeness (QED) is 0.692. The van der Waals surface area contributed by atoms with Crippen molar-refractivity contribution in [2.24, 2.45) is 0 Å². The van der Waals surface area contributed by atoms with Crippen molar-refractivity contribution in [2.75, 3.05) is 0 Å². The van der Waals surface area contributed by atoms with Crippen molar-refractivity contribution in [1.29, 1.82) is 0 Å². The fourth-order valence-electron chi connectivity index (χ4n) is 1.17. The second-order valence-electron chi connectivity index (χ2n) is 2.82. The van der Waals surface area contributed by atoms with Gasteiger partial charge in [0.2, 0.25) is 0 Å². The Labute approximate surface area is 75.8 Å². The minimum atomic E-state index is -4.42. The number of halogens is 3. The van der Waals surface area contributed by atoms with Gasteiger partial charge in [0.1, 0.15) is 5.69 Å². The molecule has 0 saturated carbocycles. The summed E-state index contributed by atoms with van der Waals surface area (Å²) < 4.78 is 37.8. The SMILES string of the molecule is O=c1ccn2[nH]c(C(F)(F)F)cc2c1. The first-order valence-electron chi connectivity index (χ1n) is 3.75. The smallest absolute Gasteiger partial charge is 0.290 e. The number of nitrogens with zero attached hydrogens (tertiary/aromatic N) is 1.